The molecule has 7 heteroatoms. The van der Waals surface area contributed by atoms with Gasteiger partial charge in [0.05, 0.1) is 12.3 Å². The van der Waals surface area contributed by atoms with Crippen LogP contribution in [0.15, 0.2) is 27.3 Å². The van der Waals surface area contributed by atoms with Crippen LogP contribution in [0.5, 0.6) is 0 Å². The normalized spacial score (nSPS) is 12.5. The number of aryl methyl sites for hydroxylation is 2. The SMILES string of the molecule is CCc1noc(CCCC(=O)NCC(c2ccco2)N(CC)CC)n1. The molecule has 1 unspecified atom stereocenters. The van der Waals surface area contributed by atoms with Crippen molar-refractivity contribution in [3.05, 3.63) is 35.9 Å². The van der Waals surface area contributed by atoms with Crippen LogP contribution in [0.3, 0.4) is 0 Å². The summed E-state index contributed by atoms with van der Waals surface area (Å²) in [5.74, 6) is 2.21. The molecule has 0 saturated heterocycles. The zero-order valence-electron chi connectivity index (χ0n) is 15.3. The number of aromatic nitrogens is 2. The maximum atomic E-state index is 12.1. The summed E-state index contributed by atoms with van der Waals surface area (Å²) in [5, 5.41) is 6.87. The van der Waals surface area contributed by atoms with E-state index in [0.29, 0.717) is 37.5 Å². The number of hydrogen-bond donors (Lipinski definition) is 1. The van der Waals surface area contributed by atoms with E-state index in [1.165, 1.54) is 0 Å². The van der Waals surface area contributed by atoms with Gasteiger partial charge in [-0.3, -0.25) is 9.69 Å². The Morgan fingerprint density at radius 3 is 2.72 bits per heavy atom. The van der Waals surface area contributed by atoms with Crippen molar-refractivity contribution in [1.29, 1.82) is 0 Å². The highest BCUT2D eigenvalue weighted by Gasteiger charge is 2.21. The van der Waals surface area contributed by atoms with Crippen molar-refractivity contribution >= 4 is 5.91 Å². The number of amides is 1. The van der Waals surface area contributed by atoms with Crippen molar-refractivity contribution in [3.8, 4) is 0 Å². The largest absolute Gasteiger partial charge is 0.468 e. The lowest BCUT2D eigenvalue weighted by atomic mass is 10.1. The first-order valence-corrected chi connectivity index (χ1v) is 9.03. The fourth-order valence-corrected chi connectivity index (χ4v) is 2.79. The molecule has 25 heavy (non-hydrogen) atoms. The molecule has 2 aromatic heterocycles. The Labute approximate surface area is 148 Å². The third-order valence-corrected chi connectivity index (χ3v) is 4.24. The van der Waals surface area contributed by atoms with Crippen LogP contribution in [0.1, 0.15) is 57.1 Å². The van der Waals surface area contributed by atoms with Gasteiger partial charge in [0.2, 0.25) is 11.8 Å². The summed E-state index contributed by atoms with van der Waals surface area (Å²) in [6, 6.07) is 3.88. The summed E-state index contributed by atoms with van der Waals surface area (Å²) in [4.78, 5) is 18.7. The van der Waals surface area contributed by atoms with E-state index in [4.69, 9.17) is 8.94 Å². The van der Waals surface area contributed by atoms with Crippen LogP contribution in [-0.4, -0.2) is 40.6 Å². The molecule has 0 saturated carbocycles. The third-order valence-electron chi connectivity index (χ3n) is 4.24. The first-order chi connectivity index (χ1) is 12.2. The molecule has 1 atom stereocenters. The highest BCUT2D eigenvalue weighted by atomic mass is 16.5. The summed E-state index contributed by atoms with van der Waals surface area (Å²) in [5.41, 5.74) is 0. The minimum Gasteiger partial charge on any atom is -0.468 e. The highest BCUT2D eigenvalue weighted by molar-refractivity contribution is 5.75. The number of furan rings is 1. The van der Waals surface area contributed by atoms with Crippen LogP contribution < -0.4 is 5.32 Å². The molecule has 7 nitrogen and oxygen atoms in total. The van der Waals surface area contributed by atoms with E-state index in [9.17, 15) is 4.79 Å². The molecule has 0 aliphatic carbocycles. The number of rotatable bonds is 11. The Morgan fingerprint density at radius 1 is 1.32 bits per heavy atom. The molecule has 0 radical (unpaired) electrons. The quantitative estimate of drug-likeness (QED) is 0.672. The standard InChI is InChI=1S/C18H28N4O3/c1-4-16-20-18(25-21-16)11-7-10-17(23)19-13-14(22(5-2)6-3)15-9-8-12-24-15/h8-9,12,14H,4-7,10-11,13H2,1-3H3,(H,19,23). The number of carbonyl (C=O) groups is 1. The van der Waals surface area contributed by atoms with Gasteiger partial charge in [0, 0.05) is 25.8 Å². The first-order valence-electron chi connectivity index (χ1n) is 9.03. The second-order valence-corrected chi connectivity index (χ2v) is 5.87. The fourth-order valence-electron chi connectivity index (χ4n) is 2.79. The molecule has 0 spiro atoms. The number of nitrogens with zero attached hydrogens (tertiary/aromatic N) is 3. The van der Waals surface area contributed by atoms with Crippen LogP contribution in [0.2, 0.25) is 0 Å². The molecular formula is C18H28N4O3. The Bertz CT molecular complexity index is 620. The van der Waals surface area contributed by atoms with Crippen molar-refractivity contribution in [2.45, 2.75) is 52.5 Å². The van der Waals surface area contributed by atoms with Gasteiger partial charge < -0.3 is 14.3 Å². The molecule has 1 N–H and O–H groups in total. The van der Waals surface area contributed by atoms with Crippen molar-refractivity contribution < 1.29 is 13.7 Å². The zero-order chi connectivity index (χ0) is 18.1. The molecule has 0 aliphatic heterocycles. The lowest BCUT2D eigenvalue weighted by Crippen LogP contribution is -2.37. The van der Waals surface area contributed by atoms with Gasteiger partial charge in [-0.25, -0.2) is 0 Å². The van der Waals surface area contributed by atoms with Gasteiger partial charge in [0.1, 0.15) is 5.76 Å². The van der Waals surface area contributed by atoms with Crippen molar-refractivity contribution in [3.63, 3.8) is 0 Å². The van der Waals surface area contributed by atoms with Crippen LogP contribution >= 0.6 is 0 Å². The van der Waals surface area contributed by atoms with Crippen LogP contribution in [0, 0.1) is 0 Å². The number of hydrogen-bond acceptors (Lipinski definition) is 6. The maximum Gasteiger partial charge on any atom is 0.226 e. The minimum absolute atomic E-state index is 0.0268. The van der Waals surface area contributed by atoms with Crippen molar-refractivity contribution in [2.24, 2.45) is 0 Å². The number of nitrogens with one attached hydrogen (secondary N) is 1. The van der Waals surface area contributed by atoms with Gasteiger partial charge in [0.15, 0.2) is 5.82 Å². The smallest absolute Gasteiger partial charge is 0.226 e. The Balaban J connectivity index is 1.78. The van der Waals surface area contributed by atoms with Gasteiger partial charge in [0.25, 0.3) is 0 Å². The summed E-state index contributed by atoms with van der Waals surface area (Å²) in [6.07, 6.45) is 4.17. The van der Waals surface area contributed by atoms with Gasteiger partial charge in [-0.15, -0.1) is 0 Å². The van der Waals surface area contributed by atoms with E-state index in [2.05, 4.69) is 34.2 Å². The van der Waals surface area contributed by atoms with E-state index in [0.717, 1.165) is 25.3 Å². The molecular weight excluding hydrogens is 320 g/mol. The summed E-state index contributed by atoms with van der Waals surface area (Å²) in [6.45, 7) is 8.53. The Morgan fingerprint density at radius 2 is 2.12 bits per heavy atom. The average Bonchev–Trinajstić information content (AvgIpc) is 3.30. The average molecular weight is 348 g/mol. The van der Waals surface area contributed by atoms with Gasteiger partial charge in [-0.1, -0.05) is 25.9 Å². The molecule has 0 fully saturated rings. The summed E-state index contributed by atoms with van der Waals surface area (Å²) >= 11 is 0. The highest BCUT2D eigenvalue weighted by Crippen LogP contribution is 2.20. The predicted molar refractivity (Wildman–Crippen MR) is 94.0 cm³/mol. The predicted octanol–water partition coefficient (Wildman–Crippen LogP) is 2.75. The molecule has 0 aromatic carbocycles. The summed E-state index contributed by atoms with van der Waals surface area (Å²) in [7, 11) is 0. The van der Waals surface area contributed by atoms with E-state index in [-0.39, 0.29) is 11.9 Å². The third kappa shape index (κ3) is 5.70. The topological polar surface area (TPSA) is 84.4 Å². The van der Waals surface area contributed by atoms with E-state index < -0.39 is 0 Å². The van der Waals surface area contributed by atoms with Crippen molar-refractivity contribution in [2.75, 3.05) is 19.6 Å². The maximum absolute atomic E-state index is 12.1. The zero-order valence-corrected chi connectivity index (χ0v) is 15.3. The number of carbonyl (C=O) groups excluding carboxylic acids is 1. The van der Waals surface area contributed by atoms with Crippen LogP contribution in [-0.2, 0) is 17.6 Å². The van der Waals surface area contributed by atoms with E-state index in [1.54, 1.807) is 6.26 Å². The minimum atomic E-state index is 0.0268. The molecule has 138 valence electrons. The van der Waals surface area contributed by atoms with Gasteiger partial charge in [-0.05, 0) is 31.6 Å². The van der Waals surface area contributed by atoms with Crippen LogP contribution in [0.4, 0.5) is 0 Å². The number of likely N-dealkylation sites (N-methyl/N-ethyl adjacent to an activating group) is 1. The molecule has 2 heterocycles. The molecule has 2 aromatic rings. The van der Waals surface area contributed by atoms with Crippen LogP contribution in [0.25, 0.3) is 0 Å². The van der Waals surface area contributed by atoms with Gasteiger partial charge >= 0.3 is 0 Å². The van der Waals surface area contributed by atoms with E-state index in [1.807, 2.05) is 19.1 Å². The van der Waals surface area contributed by atoms with E-state index >= 15 is 0 Å². The molecule has 1 amide bonds. The molecule has 0 bridgehead atoms. The fraction of sp³-hybridized carbons (Fsp3) is 0.611. The molecule has 2 rings (SSSR count). The molecule has 0 aliphatic rings. The first kappa shape index (κ1) is 19.2. The lowest BCUT2D eigenvalue weighted by molar-refractivity contribution is -0.121. The lowest BCUT2D eigenvalue weighted by Gasteiger charge is -2.28. The monoisotopic (exact) mass is 348 g/mol. The Kier molecular flexibility index (Phi) is 7.66. The summed E-state index contributed by atoms with van der Waals surface area (Å²) < 4.78 is 10.7. The van der Waals surface area contributed by atoms with Crippen molar-refractivity contribution in [1.82, 2.24) is 20.4 Å². The van der Waals surface area contributed by atoms with Gasteiger partial charge in [-0.2, -0.15) is 4.98 Å². The second-order valence-electron chi connectivity index (χ2n) is 5.87. The Hall–Kier alpha value is -2.15. The second kappa shape index (κ2) is 9.98.